The van der Waals surface area contributed by atoms with Crippen LogP contribution in [0.25, 0.3) is 0 Å². The summed E-state index contributed by atoms with van der Waals surface area (Å²) in [6.07, 6.45) is 0. The van der Waals surface area contributed by atoms with Crippen molar-refractivity contribution >= 4 is 11.6 Å². The molecule has 1 N–H and O–H groups in total. The normalized spacial score (nSPS) is 16.3. The monoisotopic (exact) mass is 401 g/mol. The predicted molar refractivity (Wildman–Crippen MR) is 111 cm³/mol. The summed E-state index contributed by atoms with van der Waals surface area (Å²) in [5.41, 5.74) is 1.37. The molecule has 1 saturated heterocycles. The average Bonchev–Trinajstić information content (AvgIpc) is 2.75. The van der Waals surface area contributed by atoms with Crippen LogP contribution in [-0.2, 0) is 11.3 Å². The highest BCUT2D eigenvalue weighted by atomic mass is 19.1. The maximum absolute atomic E-state index is 13.8. The van der Waals surface area contributed by atoms with E-state index in [1.54, 1.807) is 32.4 Å². The quantitative estimate of drug-likeness (QED) is 0.773. The molecule has 1 heterocycles. The molecule has 0 aromatic heterocycles. The molecule has 0 radical (unpaired) electrons. The Balaban J connectivity index is 1.52. The molecule has 0 saturated carbocycles. The zero-order valence-electron chi connectivity index (χ0n) is 17.2. The lowest BCUT2D eigenvalue weighted by Crippen LogP contribution is -2.52. The smallest absolute Gasteiger partial charge is 0.241 e. The summed E-state index contributed by atoms with van der Waals surface area (Å²) in [6, 6.07) is 11.8. The van der Waals surface area contributed by atoms with Crippen LogP contribution in [0.1, 0.15) is 12.5 Å². The molecule has 29 heavy (non-hydrogen) atoms. The van der Waals surface area contributed by atoms with Crippen molar-refractivity contribution in [3.8, 4) is 11.5 Å². The lowest BCUT2D eigenvalue weighted by molar-refractivity contribution is -0.121. The predicted octanol–water partition coefficient (Wildman–Crippen LogP) is 2.99. The molecule has 0 aliphatic carbocycles. The highest BCUT2D eigenvalue weighted by Crippen LogP contribution is 2.28. The molecule has 2 aromatic rings. The number of nitrogens with one attached hydrogen (secondary N) is 1. The van der Waals surface area contributed by atoms with Crippen LogP contribution in [0.5, 0.6) is 11.5 Å². The van der Waals surface area contributed by atoms with E-state index in [1.807, 2.05) is 25.1 Å². The number of methoxy groups -OCH3 is 2. The van der Waals surface area contributed by atoms with Crippen molar-refractivity contribution in [2.75, 3.05) is 45.7 Å². The van der Waals surface area contributed by atoms with Gasteiger partial charge < -0.3 is 14.8 Å². The number of amides is 1. The SMILES string of the molecule is COc1ccc(CN2CCN([C@@H](C)C(=O)Nc3ccccc3F)CC2)cc1OC. The number of benzene rings is 2. The fourth-order valence-corrected chi connectivity index (χ4v) is 3.51. The van der Waals surface area contributed by atoms with Gasteiger partial charge in [-0.2, -0.15) is 0 Å². The second-order valence-electron chi connectivity index (χ2n) is 7.15. The van der Waals surface area contributed by atoms with Gasteiger partial charge >= 0.3 is 0 Å². The van der Waals surface area contributed by atoms with Gasteiger partial charge in [-0.1, -0.05) is 18.2 Å². The van der Waals surface area contributed by atoms with Gasteiger partial charge in [-0.15, -0.1) is 0 Å². The maximum atomic E-state index is 13.8. The molecule has 0 spiro atoms. The number of hydrogen-bond donors (Lipinski definition) is 1. The first kappa shape index (κ1) is 21.1. The molecule has 6 nitrogen and oxygen atoms in total. The Labute approximate surface area is 171 Å². The minimum absolute atomic E-state index is 0.191. The van der Waals surface area contributed by atoms with E-state index in [-0.39, 0.29) is 17.6 Å². The van der Waals surface area contributed by atoms with E-state index >= 15 is 0 Å². The minimum atomic E-state index is -0.423. The van der Waals surface area contributed by atoms with Gasteiger partial charge in [0, 0.05) is 32.7 Å². The molecule has 0 bridgehead atoms. The number of nitrogens with zero attached hydrogens (tertiary/aromatic N) is 2. The second kappa shape index (κ2) is 9.71. The van der Waals surface area contributed by atoms with Gasteiger partial charge in [0.15, 0.2) is 11.5 Å². The first-order valence-electron chi connectivity index (χ1n) is 9.74. The molecular weight excluding hydrogens is 373 g/mol. The van der Waals surface area contributed by atoms with Gasteiger partial charge in [0.1, 0.15) is 5.82 Å². The molecular formula is C22H28FN3O3. The van der Waals surface area contributed by atoms with Gasteiger partial charge in [-0.25, -0.2) is 4.39 Å². The Morgan fingerprint density at radius 3 is 2.41 bits per heavy atom. The van der Waals surface area contributed by atoms with E-state index in [1.165, 1.54) is 6.07 Å². The van der Waals surface area contributed by atoms with Gasteiger partial charge in [-0.05, 0) is 36.8 Å². The van der Waals surface area contributed by atoms with Crippen molar-refractivity contribution < 1.29 is 18.7 Å². The first-order chi connectivity index (χ1) is 14.0. The molecule has 156 valence electrons. The number of halogens is 1. The summed E-state index contributed by atoms with van der Waals surface area (Å²) in [5, 5.41) is 2.69. The molecule has 1 amide bonds. The van der Waals surface area contributed by atoms with Crippen LogP contribution in [0.15, 0.2) is 42.5 Å². The van der Waals surface area contributed by atoms with E-state index < -0.39 is 5.82 Å². The molecule has 1 aliphatic rings. The zero-order valence-corrected chi connectivity index (χ0v) is 17.2. The summed E-state index contributed by atoms with van der Waals surface area (Å²) in [4.78, 5) is 17.0. The fraction of sp³-hybridized carbons (Fsp3) is 0.409. The van der Waals surface area contributed by atoms with Crippen molar-refractivity contribution in [1.29, 1.82) is 0 Å². The number of anilines is 1. The number of carbonyl (C=O) groups is 1. The van der Waals surface area contributed by atoms with Crippen molar-refractivity contribution in [3.05, 3.63) is 53.8 Å². The summed E-state index contributed by atoms with van der Waals surface area (Å²) in [5.74, 6) is 0.828. The van der Waals surface area contributed by atoms with Crippen molar-refractivity contribution in [2.45, 2.75) is 19.5 Å². The number of carbonyl (C=O) groups excluding carboxylic acids is 1. The molecule has 3 rings (SSSR count). The summed E-state index contributed by atoms with van der Waals surface area (Å²) in [7, 11) is 3.26. The summed E-state index contributed by atoms with van der Waals surface area (Å²) in [6.45, 7) is 5.93. The van der Waals surface area contributed by atoms with Gasteiger partial charge in [0.25, 0.3) is 0 Å². The van der Waals surface area contributed by atoms with Crippen LogP contribution >= 0.6 is 0 Å². The molecule has 7 heteroatoms. The highest BCUT2D eigenvalue weighted by molar-refractivity contribution is 5.94. The topological polar surface area (TPSA) is 54.0 Å². The fourth-order valence-electron chi connectivity index (χ4n) is 3.51. The van der Waals surface area contributed by atoms with E-state index in [0.29, 0.717) is 0 Å². The van der Waals surface area contributed by atoms with E-state index in [0.717, 1.165) is 49.8 Å². The van der Waals surface area contributed by atoms with E-state index in [2.05, 4.69) is 15.1 Å². The standard InChI is InChI=1S/C22H28FN3O3/c1-16(22(27)24-19-7-5-4-6-18(19)23)26-12-10-25(11-13-26)15-17-8-9-20(28-2)21(14-17)29-3/h4-9,14,16H,10-13,15H2,1-3H3,(H,24,27)/t16-/m0/s1. The molecule has 1 atom stereocenters. The summed E-state index contributed by atoms with van der Waals surface area (Å²) < 4.78 is 24.4. The van der Waals surface area contributed by atoms with E-state index in [9.17, 15) is 9.18 Å². The Bertz CT molecular complexity index is 838. The molecule has 0 unspecified atom stereocenters. The second-order valence-corrected chi connectivity index (χ2v) is 7.15. The number of rotatable bonds is 7. The van der Waals surface area contributed by atoms with E-state index in [4.69, 9.17) is 9.47 Å². The Morgan fingerprint density at radius 1 is 1.07 bits per heavy atom. The largest absolute Gasteiger partial charge is 0.493 e. The summed E-state index contributed by atoms with van der Waals surface area (Å²) >= 11 is 0. The molecule has 1 fully saturated rings. The van der Waals surface area contributed by atoms with Crippen LogP contribution in [0, 0.1) is 5.82 Å². The van der Waals surface area contributed by atoms with Gasteiger partial charge in [0.05, 0.1) is 25.9 Å². The lowest BCUT2D eigenvalue weighted by Gasteiger charge is -2.37. The minimum Gasteiger partial charge on any atom is -0.493 e. The van der Waals surface area contributed by atoms with Crippen LogP contribution in [0.3, 0.4) is 0 Å². The van der Waals surface area contributed by atoms with Crippen LogP contribution in [0.2, 0.25) is 0 Å². The first-order valence-corrected chi connectivity index (χ1v) is 9.74. The van der Waals surface area contributed by atoms with Crippen LogP contribution in [-0.4, -0.2) is 62.1 Å². The third kappa shape index (κ3) is 5.25. The average molecular weight is 401 g/mol. The van der Waals surface area contributed by atoms with Gasteiger partial charge in [-0.3, -0.25) is 14.6 Å². The number of piperazine rings is 1. The van der Waals surface area contributed by atoms with Crippen LogP contribution < -0.4 is 14.8 Å². The Morgan fingerprint density at radius 2 is 1.76 bits per heavy atom. The van der Waals surface area contributed by atoms with Crippen molar-refractivity contribution in [1.82, 2.24) is 9.80 Å². The number of hydrogen-bond acceptors (Lipinski definition) is 5. The number of ether oxygens (including phenoxy) is 2. The van der Waals surface area contributed by atoms with Crippen molar-refractivity contribution in [3.63, 3.8) is 0 Å². The van der Waals surface area contributed by atoms with Crippen molar-refractivity contribution in [2.24, 2.45) is 0 Å². The number of para-hydroxylation sites is 1. The third-order valence-electron chi connectivity index (χ3n) is 5.32. The maximum Gasteiger partial charge on any atom is 0.241 e. The Kier molecular flexibility index (Phi) is 7.06. The van der Waals surface area contributed by atoms with Gasteiger partial charge in [0.2, 0.25) is 5.91 Å². The Hall–Kier alpha value is -2.64. The molecule has 1 aliphatic heterocycles. The third-order valence-corrected chi connectivity index (χ3v) is 5.32. The molecule has 2 aromatic carbocycles. The zero-order chi connectivity index (χ0) is 20.8. The highest BCUT2D eigenvalue weighted by Gasteiger charge is 2.26. The lowest BCUT2D eigenvalue weighted by atomic mass is 10.1. The van der Waals surface area contributed by atoms with Crippen LogP contribution in [0.4, 0.5) is 10.1 Å².